The highest BCUT2D eigenvalue weighted by Crippen LogP contribution is 2.28. The van der Waals surface area contributed by atoms with Gasteiger partial charge in [-0.2, -0.15) is 0 Å². The Morgan fingerprint density at radius 1 is 1.08 bits per heavy atom. The van der Waals surface area contributed by atoms with E-state index in [0.717, 1.165) is 12.1 Å². The Hall–Kier alpha value is -2.60. The summed E-state index contributed by atoms with van der Waals surface area (Å²) in [7, 11) is 3.00. The van der Waals surface area contributed by atoms with Crippen molar-refractivity contribution in [2.75, 3.05) is 19.5 Å². The lowest BCUT2D eigenvalue weighted by Gasteiger charge is -2.15. The lowest BCUT2D eigenvalue weighted by atomic mass is 9.99. The van der Waals surface area contributed by atoms with E-state index in [9.17, 15) is 4.79 Å². The first-order valence-corrected chi connectivity index (χ1v) is 8.84. The third-order valence-corrected chi connectivity index (χ3v) is 4.44. The van der Waals surface area contributed by atoms with Crippen LogP contribution in [0.4, 0.5) is 5.69 Å². The van der Waals surface area contributed by atoms with Gasteiger partial charge in [-0.15, -0.1) is 0 Å². The summed E-state index contributed by atoms with van der Waals surface area (Å²) in [6.45, 7) is 4.35. The van der Waals surface area contributed by atoms with E-state index in [0.29, 0.717) is 23.0 Å². The lowest BCUT2D eigenvalue weighted by Crippen LogP contribution is -2.34. The minimum absolute atomic E-state index is 0.208. The predicted octanol–water partition coefficient (Wildman–Crippen LogP) is 4.34. The monoisotopic (exact) mass is 372 g/mol. The zero-order valence-electron chi connectivity index (χ0n) is 15.5. The molecule has 6 heteroatoms. The van der Waals surface area contributed by atoms with Crippen LogP contribution in [0.5, 0.6) is 11.5 Å². The minimum atomic E-state index is -0.395. The van der Waals surface area contributed by atoms with Crippen LogP contribution in [0.2, 0.25) is 0 Å². The zero-order valence-corrected chi connectivity index (χ0v) is 16.3. The Balaban J connectivity index is 2.07. The highest BCUT2D eigenvalue weighted by molar-refractivity contribution is 7.80. The fourth-order valence-corrected chi connectivity index (χ4v) is 2.74. The molecule has 1 atom stereocenters. The van der Waals surface area contributed by atoms with Crippen LogP contribution in [0.3, 0.4) is 0 Å². The van der Waals surface area contributed by atoms with Crippen molar-refractivity contribution in [2.45, 2.75) is 26.2 Å². The van der Waals surface area contributed by atoms with Crippen LogP contribution in [0.25, 0.3) is 0 Å². The van der Waals surface area contributed by atoms with Crippen LogP contribution in [0.1, 0.15) is 42.1 Å². The molecule has 5 nitrogen and oxygen atoms in total. The summed E-state index contributed by atoms with van der Waals surface area (Å²) in [6.07, 6.45) is 1.09. The second kappa shape index (κ2) is 9.20. The number of amides is 1. The van der Waals surface area contributed by atoms with Gasteiger partial charge in [0.05, 0.1) is 14.2 Å². The van der Waals surface area contributed by atoms with Crippen molar-refractivity contribution in [3.8, 4) is 11.5 Å². The standard InChI is InChI=1S/C20H24N2O3S/c1-5-13(2)14-9-11-15(12-10-14)21-20(26)22-19(23)18-16(24-3)7-6-8-17(18)25-4/h6-13H,5H2,1-4H3,(H2,21,22,23,26)/t13-/m0/s1. The van der Waals surface area contributed by atoms with Gasteiger partial charge in [0.1, 0.15) is 17.1 Å². The summed E-state index contributed by atoms with van der Waals surface area (Å²) < 4.78 is 10.5. The number of rotatable bonds is 6. The van der Waals surface area contributed by atoms with Gasteiger partial charge < -0.3 is 14.8 Å². The molecule has 2 rings (SSSR count). The molecule has 0 bridgehead atoms. The normalized spacial score (nSPS) is 11.4. The van der Waals surface area contributed by atoms with E-state index in [1.165, 1.54) is 19.8 Å². The molecule has 0 aliphatic heterocycles. The quantitative estimate of drug-likeness (QED) is 0.739. The number of ether oxygens (including phenoxy) is 2. The molecule has 0 aromatic heterocycles. The molecule has 2 N–H and O–H groups in total. The number of nitrogens with one attached hydrogen (secondary N) is 2. The third kappa shape index (κ3) is 4.73. The molecule has 0 aliphatic rings. The molecule has 2 aromatic rings. The summed E-state index contributed by atoms with van der Waals surface area (Å²) >= 11 is 5.25. The van der Waals surface area contributed by atoms with Crippen molar-refractivity contribution in [3.05, 3.63) is 53.6 Å². The van der Waals surface area contributed by atoms with E-state index in [2.05, 4.69) is 36.6 Å². The second-order valence-electron chi connectivity index (χ2n) is 5.88. The largest absolute Gasteiger partial charge is 0.496 e. The third-order valence-electron chi connectivity index (χ3n) is 4.23. The van der Waals surface area contributed by atoms with Gasteiger partial charge in [0.2, 0.25) is 0 Å². The maximum Gasteiger partial charge on any atom is 0.264 e. The van der Waals surface area contributed by atoms with Crippen molar-refractivity contribution in [1.29, 1.82) is 0 Å². The number of carbonyl (C=O) groups excluding carboxylic acids is 1. The van der Waals surface area contributed by atoms with Gasteiger partial charge in [-0.3, -0.25) is 10.1 Å². The van der Waals surface area contributed by atoms with E-state index in [1.54, 1.807) is 18.2 Å². The minimum Gasteiger partial charge on any atom is -0.496 e. The number of hydrogen-bond donors (Lipinski definition) is 2. The van der Waals surface area contributed by atoms with Gasteiger partial charge in [-0.25, -0.2) is 0 Å². The van der Waals surface area contributed by atoms with E-state index < -0.39 is 5.91 Å². The number of hydrogen-bond acceptors (Lipinski definition) is 4. The van der Waals surface area contributed by atoms with Gasteiger partial charge in [0, 0.05) is 5.69 Å². The fourth-order valence-electron chi connectivity index (χ4n) is 2.53. The highest BCUT2D eigenvalue weighted by atomic mass is 32.1. The molecular weight excluding hydrogens is 348 g/mol. The van der Waals surface area contributed by atoms with E-state index in [4.69, 9.17) is 21.7 Å². The van der Waals surface area contributed by atoms with Gasteiger partial charge in [-0.05, 0) is 54.4 Å². The molecule has 26 heavy (non-hydrogen) atoms. The molecule has 138 valence electrons. The van der Waals surface area contributed by atoms with Crippen molar-refractivity contribution < 1.29 is 14.3 Å². The molecule has 0 radical (unpaired) electrons. The summed E-state index contributed by atoms with van der Waals surface area (Å²) in [5, 5.41) is 5.89. The van der Waals surface area contributed by atoms with E-state index in [1.807, 2.05) is 12.1 Å². The molecule has 0 heterocycles. The fraction of sp³-hybridized carbons (Fsp3) is 0.300. The number of thiocarbonyl (C=S) groups is 1. The SMILES string of the molecule is CC[C@H](C)c1ccc(NC(=S)NC(=O)c2c(OC)cccc2OC)cc1. The molecule has 1 amide bonds. The number of benzene rings is 2. The Labute approximate surface area is 159 Å². The van der Waals surface area contributed by atoms with Crippen LogP contribution in [-0.2, 0) is 0 Å². The maximum atomic E-state index is 12.6. The Morgan fingerprint density at radius 3 is 2.15 bits per heavy atom. The molecule has 2 aromatic carbocycles. The molecule has 0 spiro atoms. The van der Waals surface area contributed by atoms with Crippen molar-refractivity contribution in [1.82, 2.24) is 5.32 Å². The van der Waals surface area contributed by atoms with E-state index in [-0.39, 0.29) is 5.11 Å². The molecule has 0 aliphatic carbocycles. The number of anilines is 1. The summed E-state index contributed by atoms with van der Waals surface area (Å²) in [5.74, 6) is 0.951. The van der Waals surface area contributed by atoms with Crippen molar-refractivity contribution in [2.24, 2.45) is 0 Å². The van der Waals surface area contributed by atoms with Crippen LogP contribution >= 0.6 is 12.2 Å². The zero-order chi connectivity index (χ0) is 19.1. The second-order valence-corrected chi connectivity index (χ2v) is 6.29. The number of methoxy groups -OCH3 is 2. The molecule has 0 fully saturated rings. The Bertz CT molecular complexity index is 753. The smallest absolute Gasteiger partial charge is 0.264 e. The van der Waals surface area contributed by atoms with Gasteiger partial charge in [-0.1, -0.05) is 32.0 Å². The maximum absolute atomic E-state index is 12.6. The lowest BCUT2D eigenvalue weighted by molar-refractivity contribution is 0.0971. The van der Waals surface area contributed by atoms with Crippen LogP contribution < -0.4 is 20.1 Å². The van der Waals surface area contributed by atoms with Gasteiger partial charge in [0.15, 0.2) is 5.11 Å². The van der Waals surface area contributed by atoms with Crippen LogP contribution in [-0.4, -0.2) is 25.2 Å². The van der Waals surface area contributed by atoms with Crippen molar-refractivity contribution >= 4 is 28.9 Å². The number of carbonyl (C=O) groups is 1. The van der Waals surface area contributed by atoms with Crippen molar-refractivity contribution in [3.63, 3.8) is 0 Å². The first-order chi connectivity index (χ1) is 12.5. The summed E-state index contributed by atoms with van der Waals surface area (Å²) in [4.78, 5) is 12.6. The molecule has 0 saturated heterocycles. The Kier molecular flexibility index (Phi) is 6.97. The van der Waals surface area contributed by atoms with Gasteiger partial charge >= 0.3 is 0 Å². The van der Waals surface area contributed by atoms with E-state index >= 15 is 0 Å². The molecule has 0 unspecified atom stereocenters. The first-order valence-electron chi connectivity index (χ1n) is 8.43. The average Bonchev–Trinajstić information content (AvgIpc) is 2.66. The van der Waals surface area contributed by atoms with Gasteiger partial charge in [0.25, 0.3) is 5.91 Å². The molecule has 0 saturated carbocycles. The average molecular weight is 372 g/mol. The summed E-state index contributed by atoms with van der Waals surface area (Å²) in [5.41, 5.74) is 2.38. The summed E-state index contributed by atoms with van der Waals surface area (Å²) in [6, 6.07) is 13.2. The topological polar surface area (TPSA) is 59.6 Å². The first kappa shape index (κ1) is 19.7. The van der Waals surface area contributed by atoms with Crippen LogP contribution in [0.15, 0.2) is 42.5 Å². The molecular formula is C20H24N2O3S. The van der Waals surface area contributed by atoms with Crippen LogP contribution in [0, 0.1) is 0 Å². The Morgan fingerprint density at radius 2 is 1.65 bits per heavy atom. The predicted molar refractivity (Wildman–Crippen MR) is 108 cm³/mol. The highest BCUT2D eigenvalue weighted by Gasteiger charge is 2.19.